The van der Waals surface area contributed by atoms with Gasteiger partial charge in [0.25, 0.3) is 0 Å². The minimum Gasteiger partial charge on any atom is -0.481 e. The van der Waals surface area contributed by atoms with Crippen LogP contribution in [0.15, 0.2) is 36.0 Å². The average Bonchev–Trinajstić information content (AvgIpc) is 2.92. The molecule has 4 heteroatoms. The van der Waals surface area contributed by atoms with Crippen molar-refractivity contribution < 1.29 is 19.8 Å². The lowest BCUT2D eigenvalue weighted by Crippen LogP contribution is -2.05. The molecule has 4 nitrogen and oxygen atoms in total. The highest BCUT2D eigenvalue weighted by Gasteiger charge is 2.12. The lowest BCUT2D eigenvalue weighted by atomic mass is 9.86. The zero-order valence-corrected chi connectivity index (χ0v) is 26.4. The quantitative estimate of drug-likeness (QED) is 0.0676. The first-order valence-electron chi connectivity index (χ1n) is 16.9. The largest absolute Gasteiger partial charge is 0.481 e. The molecule has 0 saturated heterocycles. The monoisotopic (exact) mass is 560 g/mol. The van der Waals surface area contributed by atoms with Crippen LogP contribution in [0.2, 0.25) is 0 Å². The van der Waals surface area contributed by atoms with Gasteiger partial charge in [0.2, 0.25) is 0 Å². The van der Waals surface area contributed by atoms with E-state index < -0.39 is 11.9 Å². The number of carboxylic acid groups (broad SMARTS) is 2. The molecule has 0 bridgehead atoms. The van der Waals surface area contributed by atoms with Crippen LogP contribution in [0.1, 0.15) is 174 Å². The molecule has 0 aromatic carbocycles. The number of unbranched alkanes of at least 4 members (excludes halogenated alkanes) is 15. The van der Waals surface area contributed by atoms with Crippen molar-refractivity contribution in [2.75, 3.05) is 0 Å². The zero-order chi connectivity index (χ0) is 29.5. The maximum Gasteiger partial charge on any atom is 0.303 e. The summed E-state index contributed by atoms with van der Waals surface area (Å²) < 4.78 is 0. The minimum absolute atomic E-state index is 0.305. The molecular formula is C36H64O4. The van der Waals surface area contributed by atoms with Crippen molar-refractivity contribution in [2.45, 2.75) is 174 Å². The van der Waals surface area contributed by atoms with E-state index in [9.17, 15) is 9.59 Å². The molecule has 2 N–H and O–H groups in total. The van der Waals surface area contributed by atoms with Crippen LogP contribution in [0.4, 0.5) is 0 Å². The van der Waals surface area contributed by atoms with Gasteiger partial charge in [-0.15, -0.1) is 0 Å². The SMILES string of the molecule is CCCCCCC(C/C=C/CCCCCCCC(=O)O)/C(=C\C/C=C/CCCCCCCC(=O)O)CCCCC. The van der Waals surface area contributed by atoms with Crippen molar-refractivity contribution in [1.29, 1.82) is 0 Å². The Balaban J connectivity index is 4.69. The third kappa shape index (κ3) is 27.7. The molecule has 232 valence electrons. The summed E-state index contributed by atoms with van der Waals surface area (Å²) in [5.41, 5.74) is 1.68. The summed E-state index contributed by atoms with van der Waals surface area (Å²) in [4.78, 5) is 21.2. The van der Waals surface area contributed by atoms with Gasteiger partial charge in [-0.25, -0.2) is 0 Å². The predicted molar refractivity (Wildman–Crippen MR) is 172 cm³/mol. The number of rotatable bonds is 30. The first-order valence-corrected chi connectivity index (χ1v) is 16.9. The first kappa shape index (κ1) is 38.2. The molecule has 0 rings (SSSR count). The van der Waals surface area contributed by atoms with E-state index in [0.717, 1.165) is 64.2 Å². The maximum absolute atomic E-state index is 10.6. The maximum atomic E-state index is 10.6. The number of aliphatic carboxylic acids is 2. The van der Waals surface area contributed by atoms with E-state index in [2.05, 4.69) is 44.2 Å². The van der Waals surface area contributed by atoms with Crippen LogP contribution in [0.3, 0.4) is 0 Å². The van der Waals surface area contributed by atoms with Crippen molar-refractivity contribution in [2.24, 2.45) is 5.92 Å². The number of hydrogen-bond acceptors (Lipinski definition) is 2. The Kier molecular flexibility index (Phi) is 28.7. The van der Waals surface area contributed by atoms with E-state index in [1.54, 1.807) is 5.57 Å². The summed E-state index contributed by atoms with van der Waals surface area (Å²) in [6.07, 6.45) is 39.6. The molecule has 0 saturated carbocycles. The molecule has 0 heterocycles. The summed E-state index contributed by atoms with van der Waals surface area (Å²) in [7, 11) is 0. The molecule has 1 unspecified atom stereocenters. The standard InChI is InChI=1S/C36H64O4/c1-3-5-7-22-28-34(30-24-18-14-11-12-16-20-26-32-36(39)40)33(27-21-6-4-2)29-23-17-13-9-8-10-15-19-25-31-35(37)38/h13,17-18,24,29,34H,3-12,14-16,19-23,25-28,30-32H2,1-2H3,(H,37,38)(H,39,40)/b17-13+,24-18+,33-29-. The zero-order valence-electron chi connectivity index (χ0n) is 26.4. The fourth-order valence-electron chi connectivity index (χ4n) is 5.27. The van der Waals surface area contributed by atoms with Gasteiger partial charge < -0.3 is 10.2 Å². The molecule has 0 spiro atoms. The Labute approximate surface area is 247 Å². The van der Waals surface area contributed by atoms with E-state index in [1.807, 2.05) is 0 Å². The summed E-state index contributed by atoms with van der Waals surface area (Å²) in [6.45, 7) is 4.57. The van der Waals surface area contributed by atoms with Crippen LogP contribution in [0.5, 0.6) is 0 Å². The Morgan fingerprint density at radius 1 is 0.550 bits per heavy atom. The summed E-state index contributed by atoms with van der Waals surface area (Å²) in [5, 5.41) is 17.5. The van der Waals surface area contributed by atoms with Crippen LogP contribution in [-0.2, 0) is 9.59 Å². The molecule has 0 fully saturated rings. The molecule has 0 amide bonds. The normalized spacial score (nSPS) is 13.0. The molecule has 1 atom stereocenters. The third-order valence-corrected chi connectivity index (χ3v) is 7.79. The van der Waals surface area contributed by atoms with E-state index >= 15 is 0 Å². The van der Waals surface area contributed by atoms with Gasteiger partial charge in [0, 0.05) is 12.8 Å². The van der Waals surface area contributed by atoms with Crippen molar-refractivity contribution in [3.8, 4) is 0 Å². The van der Waals surface area contributed by atoms with E-state index in [0.29, 0.717) is 18.8 Å². The Bertz CT molecular complexity index is 676. The second-order valence-corrected chi connectivity index (χ2v) is 11.6. The van der Waals surface area contributed by atoms with Gasteiger partial charge in [0.15, 0.2) is 0 Å². The number of hydrogen-bond donors (Lipinski definition) is 2. The van der Waals surface area contributed by atoms with E-state index in [-0.39, 0.29) is 0 Å². The highest BCUT2D eigenvalue weighted by atomic mass is 16.4. The van der Waals surface area contributed by atoms with Crippen LogP contribution in [0, 0.1) is 5.92 Å². The van der Waals surface area contributed by atoms with Crippen molar-refractivity contribution in [3.63, 3.8) is 0 Å². The summed E-state index contributed by atoms with van der Waals surface area (Å²) >= 11 is 0. The van der Waals surface area contributed by atoms with Gasteiger partial charge in [-0.05, 0) is 76.5 Å². The Morgan fingerprint density at radius 3 is 1.60 bits per heavy atom. The second kappa shape index (κ2) is 30.1. The highest BCUT2D eigenvalue weighted by Crippen LogP contribution is 2.28. The van der Waals surface area contributed by atoms with Crippen molar-refractivity contribution in [1.82, 2.24) is 0 Å². The van der Waals surface area contributed by atoms with Crippen molar-refractivity contribution in [3.05, 3.63) is 36.0 Å². The van der Waals surface area contributed by atoms with Gasteiger partial charge in [0.05, 0.1) is 0 Å². The number of carboxylic acids is 2. The molecular weight excluding hydrogens is 496 g/mol. The van der Waals surface area contributed by atoms with Gasteiger partial charge in [0.1, 0.15) is 0 Å². The van der Waals surface area contributed by atoms with Gasteiger partial charge >= 0.3 is 11.9 Å². The molecule has 0 aromatic heterocycles. The van der Waals surface area contributed by atoms with E-state index in [1.165, 1.54) is 83.5 Å². The summed E-state index contributed by atoms with van der Waals surface area (Å²) in [6, 6.07) is 0. The van der Waals surface area contributed by atoms with Gasteiger partial charge in [-0.1, -0.05) is 127 Å². The van der Waals surface area contributed by atoms with E-state index in [4.69, 9.17) is 10.2 Å². The van der Waals surface area contributed by atoms with Crippen LogP contribution < -0.4 is 0 Å². The highest BCUT2D eigenvalue weighted by molar-refractivity contribution is 5.66. The molecule has 0 aromatic rings. The van der Waals surface area contributed by atoms with Crippen LogP contribution in [-0.4, -0.2) is 22.2 Å². The Hall–Kier alpha value is -1.84. The predicted octanol–water partition coefficient (Wildman–Crippen LogP) is 11.6. The average molecular weight is 561 g/mol. The van der Waals surface area contributed by atoms with Gasteiger partial charge in [-0.3, -0.25) is 9.59 Å². The lowest BCUT2D eigenvalue weighted by Gasteiger charge is -2.20. The molecule has 0 aliphatic carbocycles. The molecule has 40 heavy (non-hydrogen) atoms. The van der Waals surface area contributed by atoms with Gasteiger partial charge in [-0.2, -0.15) is 0 Å². The Morgan fingerprint density at radius 2 is 1.02 bits per heavy atom. The smallest absolute Gasteiger partial charge is 0.303 e. The minimum atomic E-state index is -0.678. The fraction of sp³-hybridized carbons (Fsp3) is 0.778. The molecule has 0 aliphatic rings. The van der Waals surface area contributed by atoms with Crippen LogP contribution in [0.25, 0.3) is 0 Å². The third-order valence-electron chi connectivity index (χ3n) is 7.79. The van der Waals surface area contributed by atoms with Crippen LogP contribution >= 0.6 is 0 Å². The summed E-state index contributed by atoms with van der Waals surface area (Å²) in [5.74, 6) is -0.688. The number of carbonyl (C=O) groups is 2. The number of allylic oxidation sites excluding steroid dienone is 6. The lowest BCUT2D eigenvalue weighted by molar-refractivity contribution is -0.138. The first-order chi connectivity index (χ1) is 19.5. The van der Waals surface area contributed by atoms with Crippen molar-refractivity contribution >= 4 is 11.9 Å². The molecule has 0 radical (unpaired) electrons. The topological polar surface area (TPSA) is 74.6 Å². The second-order valence-electron chi connectivity index (χ2n) is 11.6. The molecule has 0 aliphatic heterocycles. The fourth-order valence-corrected chi connectivity index (χ4v) is 5.27.